The molecule has 0 saturated carbocycles. The fraction of sp³-hybridized carbons (Fsp3) is 0.385. The Hall–Kier alpha value is -2.84. The third kappa shape index (κ3) is 4.69. The maximum atomic E-state index is 13.7. The number of nitrogens with one attached hydrogen (secondary N) is 1. The van der Waals surface area contributed by atoms with Gasteiger partial charge in [-0.2, -0.15) is 13.2 Å². The van der Waals surface area contributed by atoms with Crippen molar-refractivity contribution >= 4 is 28.2 Å². The second-order valence-corrected chi connectivity index (χ2v) is 9.64. The van der Waals surface area contributed by atoms with E-state index in [1.54, 1.807) is 11.6 Å². The lowest BCUT2D eigenvalue weighted by Crippen LogP contribution is -2.36. The summed E-state index contributed by atoms with van der Waals surface area (Å²) in [5, 5.41) is 12.0. The minimum absolute atomic E-state index is 0.0451. The number of hydrogen-bond donors (Lipinski definition) is 1. The first kappa shape index (κ1) is 23.9. The monoisotopic (exact) mass is 501 g/mol. The molecule has 0 amide bonds. The topological polar surface area (TPSA) is 46.0 Å². The zero-order valence-electron chi connectivity index (χ0n) is 19.4. The Morgan fingerprint density at radius 2 is 2.06 bits per heavy atom. The van der Waals surface area contributed by atoms with Gasteiger partial charge in [-0.1, -0.05) is 41.6 Å². The largest absolute Gasteiger partial charge is 0.416 e. The standard InChI is InChI=1S/C26H27ClF3N5/c1-16(21-7-6-20(27)15-22(21)26(28,29)30)35-25-14-19(5-8-24(25)32-33-35)18-9-12-34(13-10-18)17(2)23-4-3-11-31-23/h5-9,14-16,23,31H,2-4,10-13H2,1H3. The van der Waals surface area contributed by atoms with Crippen LogP contribution in [0.2, 0.25) is 5.02 Å². The van der Waals surface area contributed by atoms with Gasteiger partial charge in [0, 0.05) is 29.9 Å². The van der Waals surface area contributed by atoms with Crippen LogP contribution in [0.5, 0.6) is 0 Å². The van der Waals surface area contributed by atoms with Crippen LogP contribution in [0.25, 0.3) is 16.6 Å². The zero-order chi connectivity index (χ0) is 24.7. The van der Waals surface area contributed by atoms with E-state index >= 15 is 0 Å². The predicted molar refractivity (Wildman–Crippen MR) is 132 cm³/mol. The van der Waals surface area contributed by atoms with Crippen LogP contribution in [0, 0.1) is 0 Å². The van der Waals surface area contributed by atoms with Crippen LogP contribution in [-0.2, 0) is 6.18 Å². The maximum Gasteiger partial charge on any atom is 0.416 e. The average Bonchev–Trinajstić information content (AvgIpc) is 3.53. The average molecular weight is 502 g/mol. The van der Waals surface area contributed by atoms with Gasteiger partial charge in [0.05, 0.1) is 17.1 Å². The summed E-state index contributed by atoms with van der Waals surface area (Å²) in [6.07, 6.45) is 0.862. The number of benzene rings is 2. The Morgan fingerprint density at radius 3 is 2.74 bits per heavy atom. The van der Waals surface area contributed by atoms with E-state index in [0.717, 1.165) is 49.8 Å². The fourth-order valence-electron chi connectivity index (χ4n) is 5.07. The van der Waals surface area contributed by atoms with Gasteiger partial charge in [0.1, 0.15) is 5.52 Å². The molecule has 0 aliphatic carbocycles. The van der Waals surface area contributed by atoms with Crippen LogP contribution in [0.1, 0.15) is 48.9 Å². The highest BCUT2D eigenvalue weighted by atomic mass is 35.5. The maximum absolute atomic E-state index is 13.7. The number of alkyl halides is 3. The minimum atomic E-state index is -4.52. The smallest absolute Gasteiger partial charge is 0.370 e. The second kappa shape index (κ2) is 9.32. The number of aromatic nitrogens is 3. The first-order valence-electron chi connectivity index (χ1n) is 11.8. The third-order valence-corrected chi connectivity index (χ3v) is 7.29. The molecule has 1 saturated heterocycles. The van der Waals surface area contributed by atoms with Gasteiger partial charge >= 0.3 is 6.18 Å². The Labute approximate surface area is 207 Å². The molecule has 35 heavy (non-hydrogen) atoms. The van der Waals surface area contributed by atoms with Crippen LogP contribution in [-0.4, -0.2) is 45.6 Å². The number of nitrogens with zero attached hydrogens (tertiary/aromatic N) is 4. The van der Waals surface area contributed by atoms with Crippen LogP contribution < -0.4 is 5.32 Å². The molecule has 9 heteroatoms. The summed E-state index contributed by atoms with van der Waals surface area (Å²) in [6, 6.07) is 9.39. The molecule has 2 aromatic carbocycles. The van der Waals surface area contributed by atoms with E-state index in [4.69, 9.17) is 11.6 Å². The number of rotatable bonds is 5. The summed E-state index contributed by atoms with van der Waals surface area (Å²) in [6.45, 7) is 8.72. The molecule has 5 nitrogen and oxygen atoms in total. The van der Waals surface area contributed by atoms with Gasteiger partial charge in [-0.05, 0) is 73.7 Å². The van der Waals surface area contributed by atoms with Crippen molar-refractivity contribution in [3.05, 3.63) is 76.5 Å². The zero-order valence-corrected chi connectivity index (χ0v) is 20.2. The lowest BCUT2D eigenvalue weighted by atomic mass is 9.97. The van der Waals surface area contributed by atoms with E-state index in [1.807, 2.05) is 18.2 Å². The van der Waals surface area contributed by atoms with Gasteiger partial charge in [-0.25, -0.2) is 4.68 Å². The van der Waals surface area contributed by atoms with E-state index in [2.05, 4.69) is 33.2 Å². The van der Waals surface area contributed by atoms with Gasteiger partial charge < -0.3 is 10.2 Å². The first-order chi connectivity index (χ1) is 16.7. The summed E-state index contributed by atoms with van der Waals surface area (Å²) in [4.78, 5) is 2.32. The van der Waals surface area contributed by atoms with Gasteiger partial charge in [-0.15, -0.1) is 5.10 Å². The lowest BCUT2D eigenvalue weighted by Gasteiger charge is -2.33. The van der Waals surface area contributed by atoms with E-state index in [0.29, 0.717) is 17.1 Å². The Balaban J connectivity index is 1.43. The summed E-state index contributed by atoms with van der Waals surface area (Å²) in [5.74, 6) is 0. The molecule has 5 rings (SSSR count). The molecule has 2 unspecified atom stereocenters. The van der Waals surface area contributed by atoms with Crippen molar-refractivity contribution in [3.63, 3.8) is 0 Å². The molecule has 1 N–H and O–H groups in total. The molecule has 0 bridgehead atoms. The van der Waals surface area contributed by atoms with Crippen LogP contribution in [0.4, 0.5) is 13.2 Å². The molecule has 1 aromatic heterocycles. The number of halogens is 4. The number of hydrogen-bond acceptors (Lipinski definition) is 4. The van der Waals surface area contributed by atoms with Crippen molar-refractivity contribution in [3.8, 4) is 0 Å². The highest BCUT2D eigenvalue weighted by Gasteiger charge is 2.35. The SMILES string of the molecule is C=C(C1CCCN1)N1CC=C(c2ccc3nnn(C(C)c4ccc(Cl)cc4C(F)(F)F)c3c2)CC1. The van der Waals surface area contributed by atoms with E-state index in [9.17, 15) is 13.2 Å². The summed E-state index contributed by atoms with van der Waals surface area (Å²) >= 11 is 5.87. The molecular formula is C26H27ClF3N5. The normalized spacial score (nSPS) is 19.7. The van der Waals surface area contributed by atoms with Crippen molar-refractivity contribution in [1.29, 1.82) is 0 Å². The third-order valence-electron chi connectivity index (χ3n) is 7.06. The molecule has 0 spiro atoms. The molecule has 2 atom stereocenters. The van der Waals surface area contributed by atoms with Crippen LogP contribution in [0.3, 0.4) is 0 Å². The van der Waals surface area contributed by atoms with E-state index < -0.39 is 17.8 Å². The fourth-order valence-corrected chi connectivity index (χ4v) is 5.25. The van der Waals surface area contributed by atoms with Crippen molar-refractivity contribution in [1.82, 2.24) is 25.2 Å². The summed E-state index contributed by atoms with van der Waals surface area (Å²) in [7, 11) is 0. The molecule has 3 aromatic rings. The molecule has 2 aliphatic rings. The minimum Gasteiger partial charge on any atom is -0.370 e. The molecule has 3 heterocycles. The van der Waals surface area contributed by atoms with Crippen LogP contribution in [0.15, 0.2) is 54.8 Å². The Kier molecular flexibility index (Phi) is 6.36. The lowest BCUT2D eigenvalue weighted by molar-refractivity contribution is -0.138. The summed E-state index contributed by atoms with van der Waals surface area (Å²) in [5.41, 5.74) is 4.06. The van der Waals surface area contributed by atoms with Crippen LogP contribution >= 0.6 is 11.6 Å². The van der Waals surface area contributed by atoms with Gasteiger partial charge in [0.2, 0.25) is 0 Å². The van der Waals surface area contributed by atoms with Crippen molar-refractivity contribution in [2.24, 2.45) is 0 Å². The van der Waals surface area contributed by atoms with Gasteiger partial charge in [0.25, 0.3) is 0 Å². The Morgan fingerprint density at radius 1 is 1.23 bits per heavy atom. The highest BCUT2D eigenvalue weighted by molar-refractivity contribution is 6.30. The molecule has 2 aliphatic heterocycles. The first-order valence-corrected chi connectivity index (χ1v) is 12.2. The molecule has 184 valence electrons. The Bertz CT molecular complexity index is 1290. The highest BCUT2D eigenvalue weighted by Crippen LogP contribution is 2.38. The van der Waals surface area contributed by atoms with Crippen molar-refractivity contribution in [2.45, 2.75) is 44.4 Å². The molecular weight excluding hydrogens is 475 g/mol. The summed E-state index contributed by atoms with van der Waals surface area (Å²) < 4.78 is 42.7. The van der Waals surface area contributed by atoms with Crippen molar-refractivity contribution < 1.29 is 13.2 Å². The van der Waals surface area contributed by atoms with Gasteiger partial charge in [0.15, 0.2) is 0 Å². The second-order valence-electron chi connectivity index (χ2n) is 9.21. The van der Waals surface area contributed by atoms with E-state index in [-0.39, 0.29) is 10.6 Å². The quantitative estimate of drug-likeness (QED) is 0.461. The van der Waals surface area contributed by atoms with Gasteiger partial charge in [-0.3, -0.25) is 0 Å². The van der Waals surface area contributed by atoms with Crippen molar-refractivity contribution in [2.75, 3.05) is 19.6 Å². The van der Waals surface area contributed by atoms with E-state index in [1.165, 1.54) is 24.1 Å². The number of fused-ring (bicyclic) bond motifs is 1. The molecule has 0 radical (unpaired) electrons. The molecule has 1 fully saturated rings. The predicted octanol–water partition coefficient (Wildman–Crippen LogP) is 6.07.